The highest BCUT2D eigenvalue weighted by molar-refractivity contribution is 8.03. The first kappa shape index (κ1) is 5.98. The summed E-state index contributed by atoms with van der Waals surface area (Å²) in [6.07, 6.45) is 2.82. The van der Waals surface area contributed by atoms with Crippen LogP contribution in [0, 0.1) is 0 Å². The van der Waals surface area contributed by atoms with Crippen LogP contribution < -0.4 is 0 Å². The number of pyridine rings is 1. The van der Waals surface area contributed by atoms with Crippen LogP contribution in [0.5, 0.6) is 0 Å². The molecular weight excluding hydrogens is 142 g/mol. The first-order chi connectivity index (χ1) is 4.86. The highest BCUT2D eigenvalue weighted by atomic mass is 32.2. The molecule has 0 saturated carbocycles. The third-order valence-electron chi connectivity index (χ3n) is 1.48. The largest absolute Gasteiger partial charge is 0.249 e. The molecule has 1 nitrogen and oxygen atoms in total. The number of fused-ring (bicyclic) bond motifs is 1. The van der Waals surface area contributed by atoms with Crippen molar-refractivity contribution >= 4 is 11.8 Å². The Balaban J connectivity index is 2.51. The number of nitrogens with zero attached hydrogens (tertiary/aromatic N) is 1. The molecule has 0 bridgehead atoms. The topological polar surface area (TPSA) is 12.9 Å². The van der Waals surface area contributed by atoms with Gasteiger partial charge in [-0.1, -0.05) is 24.4 Å². The molecule has 0 spiro atoms. The number of aromatic nitrogens is 1. The van der Waals surface area contributed by atoms with Gasteiger partial charge >= 0.3 is 0 Å². The Morgan fingerprint density at radius 1 is 1.60 bits per heavy atom. The molecule has 1 aromatic heterocycles. The molecule has 0 aromatic carbocycles. The maximum atomic E-state index is 4.21. The van der Waals surface area contributed by atoms with Crippen LogP contribution in [-0.2, 0) is 6.42 Å². The Bertz CT molecular complexity index is 253. The summed E-state index contributed by atoms with van der Waals surface area (Å²) in [5.41, 5.74) is 1.32. The minimum absolute atomic E-state index is 0.994. The fourth-order valence-electron chi connectivity index (χ4n) is 1.04. The minimum atomic E-state index is 0.994. The first-order valence-corrected chi connectivity index (χ1v) is 3.97. The molecule has 0 saturated heterocycles. The molecule has 2 rings (SSSR count). The SMILES string of the molecule is C=C1Cc2cccnc2S1. The van der Waals surface area contributed by atoms with Crippen molar-refractivity contribution in [1.82, 2.24) is 4.98 Å². The van der Waals surface area contributed by atoms with E-state index in [-0.39, 0.29) is 0 Å². The smallest absolute Gasteiger partial charge is 0.104 e. The van der Waals surface area contributed by atoms with Gasteiger partial charge in [0.05, 0.1) is 0 Å². The van der Waals surface area contributed by atoms with Gasteiger partial charge in [-0.05, 0) is 16.5 Å². The van der Waals surface area contributed by atoms with Crippen molar-refractivity contribution in [2.75, 3.05) is 0 Å². The summed E-state index contributed by atoms with van der Waals surface area (Å²) >= 11 is 1.69. The molecule has 10 heavy (non-hydrogen) atoms. The van der Waals surface area contributed by atoms with Gasteiger partial charge in [0.15, 0.2) is 0 Å². The molecule has 0 fully saturated rings. The Labute approximate surface area is 64.2 Å². The predicted octanol–water partition coefficient (Wildman–Crippen LogP) is 2.24. The van der Waals surface area contributed by atoms with Gasteiger partial charge < -0.3 is 0 Å². The fourth-order valence-corrected chi connectivity index (χ4v) is 1.92. The maximum absolute atomic E-state index is 4.21. The number of rotatable bonds is 0. The summed E-state index contributed by atoms with van der Waals surface area (Å²) < 4.78 is 0. The van der Waals surface area contributed by atoms with Gasteiger partial charge in [-0.3, -0.25) is 0 Å². The molecule has 2 heteroatoms. The quantitative estimate of drug-likeness (QED) is 0.561. The van der Waals surface area contributed by atoms with E-state index in [1.807, 2.05) is 12.3 Å². The van der Waals surface area contributed by atoms with Crippen molar-refractivity contribution in [1.29, 1.82) is 0 Å². The Morgan fingerprint density at radius 3 is 3.30 bits per heavy atom. The molecule has 0 N–H and O–H groups in total. The van der Waals surface area contributed by atoms with E-state index in [4.69, 9.17) is 0 Å². The van der Waals surface area contributed by atoms with Gasteiger partial charge in [0, 0.05) is 12.6 Å². The van der Waals surface area contributed by atoms with Crippen molar-refractivity contribution in [3.05, 3.63) is 35.4 Å². The second-order valence-corrected chi connectivity index (χ2v) is 3.45. The Hall–Kier alpha value is -0.760. The lowest BCUT2D eigenvalue weighted by molar-refractivity contribution is 1.07. The van der Waals surface area contributed by atoms with Crippen LogP contribution in [0.1, 0.15) is 5.56 Å². The van der Waals surface area contributed by atoms with Crippen LogP contribution in [0.2, 0.25) is 0 Å². The van der Waals surface area contributed by atoms with Crippen LogP contribution in [-0.4, -0.2) is 4.98 Å². The monoisotopic (exact) mass is 149 g/mol. The molecule has 0 amide bonds. The van der Waals surface area contributed by atoms with Crippen molar-refractivity contribution in [2.24, 2.45) is 0 Å². The van der Waals surface area contributed by atoms with Gasteiger partial charge in [-0.15, -0.1) is 0 Å². The van der Waals surface area contributed by atoms with Crippen molar-refractivity contribution < 1.29 is 0 Å². The van der Waals surface area contributed by atoms with E-state index in [9.17, 15) is 0 Å². The van der Waals surface area contributed by atoms with E-state index in [0.29, 0.717) is 0 Å². The van der Waals surface area contributed by atoms with Gasteiger partial charge in [-0.25, -0.2) is 4.98 Å². The van der Waals surface area contributed by atoms with Gasteiger partial charge in [0.2, 0.25) is 0 Å². The normalized spacial score (nSPS) is 15.4. The number of allylic oxidation sites excluding steroid dienone is 1. The van der Waals surface area contributed by atoms with E-state index < -0.39 is 0 Å². The summed E-state index contributed by atoms with van der Waals surface area (Å²) in [5.74, 6) is 0. The highest BCUT2D eigenvalue weighted by Gasteiger charge is 2.14. The Morgan fingerprint density at radius 2 is 2.50 bits per heavy atom. The number of hydrogen-bond acceptors (Lipinski definition) is 2. The zero-order valence-electron chi connectivity index (χ0n) is 5.50. The molecule has 0 atom stereocenters. The average Bonchev–Trinajstić information content (AvgIpc) is 2.27. The average molecular weight is 149 g/mol. The lowest BCUT2D eigenvalue weighted by Crippen LogP contribution is -1.79. The second-order valence-electron chi connectivity index (χ2n) is 2.29. The third kappa shape index (κ3) is 0.847. The van der Waals surface area contributed by atoms with Crippen molar-refractivity contribution in [3.63, 3.8) is 0 Å². The predicted molar refractivity (Wildman–Crippen MR) is 42.9 cm³/mol. The van der Waals surface area contributed by atoms with E-state index in [0.717, 1.165) is 11.4 Å². The van der Waals surface area contributed by atoms with Crippen LogP contribution in [0.15, 0.2) is 34.8 Å². The summed E-state index contributed by atoms with van der Waals surface area (Å²) in [7, 11) is 0. The molecular formula is C8H7NS. The summed E-state index contributed by atoms with van der Waals surface area (Å²) in [5, 5.41) is 1.13. The van der Waals surface area contributed by atoms with E-state index in [2.05, 4.69) is 17.6 Å². The lowest BCUT2D eigenvalue weighted by Gasteiger charge is -1.90. The van der Waals surface area contributed by atoms with Crippen LogP contribution in [0.3, 0.4) is 0 Å². The second kappa shape index (κ2) is 2.13. The first-order valence-electron chi connectivity index (χ1n) is 3.16. The maximum Gasteiger partial charge on any atom is 0.104 e. The molecule has 1 aromatic rings. The molecule has 0 aliphatic carbocycles. The van der Waals surface area contributed by atoms with Crippen molar-refractivity contribution in [3.8, 4) is 0 Å². The molecule has 0 radical (unpaired) electrons. The van der Waals surface area contributed by atoms with E-state index >= 15 is 0 Å². The molecule has 50 valence electrons. The lowest BCUT2D eigenvalue weighted by atomic mass is 10.2. The fraction of sp³-hybridized carbons (Fsp3) is 0.125. The highest BCUT2D eigenvalue weighted by Crippen LogP contribution is 2.36. The van der Waals surface area contributed by atoms with E-state index in [1.165, 1.54) is 10.5 Å². The number of hydrogen-bond donors (Lipinski definition) is 0. The third-order valence-corrected chi connectivity index (χ3v) is 2.47. The van der Waals surface area contributed by atoms with Gasteiger partial charge in [0.25, 0.3) is 0 Å². The zero-order valence-corrected chi connectivity index (χ0v) is 6.32. The van der Waals surface area contributed by atoms with Gasteiger partial charge in [-0.2, -0.15) is 0 Å². The molecule has 1 aliphatic heterocycles. The Kier molecular flexibility index (Phi) is 1.27. The van der Waals surface area contributed by atoms with Gasteiger partial charge in [0.1, 0.15) is 5.03 Å². The summed E-state index contributed by atoms with van der Waals surface area (Å²) in [6.45, 7) is 3.89. The molecule has 1 aliphatic rings. The van der Waals surface area contributed by atoms with Crippen LogP contribution in [0.25, 0.3) is 0 Å². The van der Waals surface area contributed by atoms with Crippen LogP contribution in [0.4, 0.5) is 0 Å². The standard InChI is InChI=1S/C8H7NS/c1-6-5-7-3-2-4-9-8(7)10-6/h2-4H,1,5H2. The van der Waals surface area contributed by atoms with Crippen LogP contribution >= 0.6 is 11.8 Å². The zero-order chi connectivity index (χ0) is 6.97. The van der Waals surface area contributed by atoms with Crippen molar-refractivity contribution in [2.45, 2.75) is 11.4 Å². The summed E-state index contributed by atoms with van der Waals surface area (Å²) in [6, 6.07) is 4.07. The molecule has 0 unspecified atom stereocenters. The van der Waals surface area contributed by atoms with E-state index in [1.54, 1.807) is 11.8 Å². The number of thioether (sulfide) groups is 1. The molecule has 2 heterocycles. The summed E-state index contributed by atoms with van der Waals surface area (Å²) in [4.78, 5) is 5.41. The minimum Gasteiger partial charge on any atom is -0.249 e.